The first kappa shape index (κ1) is 18.2. The Kier molecular flexibility index (Phi) is 5.70. The maximum Gasteiger partial charge on any atom is 0.321 e. The zero-order valence-corrected chi connectivity index (χ0v) is 15.5. The molecule has 0 spiro atoms. The van der Waals surface area contributed by atoms with Gasteiger partial charge in [-0.3, -0.25) is 4.79 Å². The normalized spacial score (nSPS) is 12.3. The molecule has 0 fully saturated rings. The summed E-state index contributed by atoms with van der Waals surface area (Å²) in [5, 5.41) is 1.29. The fraction of sp³-hybridized carbons (Fsp3) is 0.136. The van der Waals surface area contributed by atoms with Crippen LogP contribution >= 0.6 is 7.14 Å². The van der Waals surface area contributed by atoms with Gasteiger partial charge in [-0.1, -0.05) is 91.0 Å². The van der Waals surface area contributed by atoms with E-state index in [2.05, 4.69) is 0 Å². The van der Waals surface area contributed by atoms with Crippen LogP contribution in [-0.2, 0) is 14.1 Å². The summed E-state index contributed by atoms with van der Waals surface area (Å²) in [5.41, 5.74) is -0.185. The Morgan fingerprint density at radius 2 is 1.23 bits per heavy atom. The van der Waals surface area contributed by atoms with Crippen molar-refractivity contribution in [2.75, 3.05) is 6.61 Å². The van der Waals surface area contributed by atoms with Gasteiger partial charge in [0.2, 0.25) is 0 Å². The molecule has 0 radical (unpaired) electrons. The second kappa shape index (κ2) is 8.16. The minimum absolute atomic E-state index is 0.242. The molecule has 4 heteroatoms. The summed E-state index contributed by atoms with van der Waals surface area (Å²) >= 11 is 0. The molecule has 0 heterocycles. The van der Waals surface area contributed by atoms with Crippen molar-refractivity contribution in [2.45, 2.75) is 12.6 Å². The molecule has 0 saturated heterocycles. The molecule has 0 amide bonds. The Hall–Kier alpha value is -2.64. The van der Waals surface area contributed by atoms with Gasteiger partial charge in [0.25, 0.3) is 0 Å². The van der Waals surface area contributed by atoms with Gasteiger partial charge in [0.05, 0.1) is 6.61 Å². The van der Waals surface area contributed by atoms with E-state index in [9.17, 15) is 9.36 Å². The molecular formula is C22H21O3P. The number of rotatable bonds is 6. The van der Waals surface area contributed by atoms with E-state index in [0.717, 1.165) is 0 Å². The molecule has 132 valence electrons. The molecule has 0 N–H and O–H groups in total. The number of ether oxygens (including phenoxy) is 1. The Morgan fingerprint density at radius 3 is 1.65 bits per heavy atom. The zero-order chi connectivity index (χ0) is 18.4. The third-order valence-electron chi connectivity index (χ3n) is 4.27. The molecule has 3 rings (SSSR count). The average molecular weight is 364 g/mol. The second-order valence-electron chi connectivity index (χ2n) is 5.89. The Labute approximate surface area is 154 Å². The van der Waals surface area contributed by atoms with Crippen LogP contribution in [0.3, 0.4) is 0 Å². The molecule has 0 aliphatic heterocycles. The van der Waals surface area contributed by atoms with E-state index < -0.39 is 18.8 Å². The van der Waals surface area contributed by atoms with Crippen molar-refractivity contribution in [1.29, 1.82) is 0 Å². The number of carbonyl (C=O) groups excluding carboxylic acids is 1. The molecule has 1 unspecified atom stereocenters. The summed E-state index contributed by atoms with van der Waals surface area (Å²) in [4.78, 5) is 12.9. The first-order valence-electron chi connectivity index (χ1n) is 8.60. The predicted molar refractivity (Wildman–Crippen MR) is 106 cm³/mol. The molecule has 0 bridgehead atoms. The van der Waals surface area contributed by atoms with Gasteiger partial charge in [-0.05, 0) is 12.5 Å². The van der Waals surface area contributed by atoms with Crippen molar-refractivity contribution in [2.24, 2.45) is 0 Å². The maximum atomic E-state index is 14.5. The van der Waals surface area contributed by atoms with Gasteiger partial charge in [-0.25, -0.2) is 0 Å². The van der Waals surface area contributed by atoms with Crippen molar-refractivity contribution in [3.8, 4) is 0 Å². The van der Waals surface area contributed by atoms with E-state index in [1.54, 1.807) is 6.92 Å². The molecule has 1 atom stereocenters. The number of carbonyl (C=O) groups is 1. The molecule has 0 aromatic heterocycles. The van der Waals surface area contributed by atoms with Crippen LogP contribution in [-0.4, -0.2) is 12.6 Å². The van der Waals surface area contributed by atoms with Crippen LogP contribution in [0.15, 0.2) is 91.0 Å². The van der Waals surface area contributed by atoms with Gasteiger partial charge in [0, 0.05) is 10.6 Å². The van der Waals surface area contributed by atoms with Crippen molar-refractivity contribution < 1.29 is 14.1 Å². The fourth-order valence-corrected chi connectivity index (χ4v) is 6.19. The lowest BCUT2D eigenvalue weighted by Gasteiger charge is -2.27. The highest BCUT2D eigenvalue weighted by Gasteiger charge is 2.43. The zero-order valence-electron chi connectivity index (χ0n) is 14.6. The monoisotopic (exact) mass is 364 g/mol. The van der Waals surface area contributed by atoms with E-state index in [0.29, 0.717) is 16.2 Å². The van der Waals surface area contributed by atoms with E-state index in [1.165, 1.54) is 0 Å². The number of hydrogen-bond acceptors (Lipinski definition) is 3. The molecule has 3 aromatic carbocycles. The Balaban J connectivity index is 2.27. The van der Waals surface area contributed by atoms with Crippen LogP contribution < -0.4 is 10.6 Å². The highest BCUT2D eigenvalue weighted by atomic mass is 31.2. The van der Waals surface area contributed by atoms with Gasteiger partial charge >= 0.3 is 5.97 Å². The standard InChI is InChI=1S/C22H21O3P/c1-2-25-22(23)21(18-12-6-3-7-13-18)26(24,19-14-8-4-9-15-19)20-16-10-5-11-17-20/h3-17,21H,2H2,1H3. The number of esters is 1. The van der Waals surface area contributed by atoms with E-state index in [-0.39, 0.29) is 6.61 Å². The van der Waals surface area contributed by atoms with Gasteiger partial charge < -0.3 is 9.30 Å². The third kappa shape index (κ3) is 3.49. The molecule has 0 aliphatic carbocycles. The van der Waals surface area contributed by atoms with Crippen molar-refractivity contribution in [1.82, 2.24) is 0 Å². The van der Waals surface area contributed by atoms with Crippen LogP contribution in [0.1, 0.15) is 18.1 Å². The van der Waals surface area contributed by atoms with Gasteiger partial charge in [-0.2, -0.15) is 0 Å². The van der Waals surface area contributed by atoms with Crippen molar-refractivity contribution >= 4 is 23.7 Å². The largest absolute Gasteiger partial charge is 0.465 e. The smallest absolute Gasteiger partial charge is 0.321 e. The lowest BCUT2D eigenvalue weighted by molar-refractivity contribution is -0.142. The minimum Gasteiger partial charge on any atom is -0.465 e. The summed E-state index contributed by atoms with van der Waals surface area (Å²) in [6.45, 7) is 2.00. The van der Waals surface area contributed by atoms with Gasteiger partial charge in [-0.15, -0.1) is 0 Å². The first-order chi connectivity index (χ1) is 12.7. The van der Waals surface area contributed by atoms with E-state index in [4.69, 9.17) is 4.74 Å². The summed E-state index contributed by atoms with van der Waals surface area (Å²) in [6.07, 6.45) is 0. The van der Waals surface area contributed by atoms with Crippen molar-refractivity contribution in [3.63, 3.8) is 0 Å². The highest BCUT2D eigenvalue weighted by molar-refractivity contribution is 7.79. The lowest BCUT2D eigenvalue weighted by atomic mass is 10.1. The molecule has 3 aromatic rings. The minimum atomic E-state index is -3.32. The van der Waals surface area contributed by atoms with Crippen LogP contribution in [0, 0.1) is 0 Å². The van der Waals surface area contributed by atoms with Crippen molar-refractivity contribution in [3.05, 3.63) is 96.6 Å². The molecule has 0 aliphatic rings. The van der Waals surface area contributed by atoms with Gasteiger partial charge in [0.1, 0.15) is 5.66 Å². The molecular weight excluding hydrogens is 343 g/mol. The predicted octanol–water partition coefficient (Wildman–Crippen LogP) is 4.30. The number of hydrogen-bond donors (Lipinski definition) is 0. The summed E-state index contributed by atoms with van der Waals surface area (Å²) < 4.78 is 19.9. The molecule has 26 heavy (non-hydrogen) atoms. The highest BCUT2D eigenvalue weighted by Crippen LogP contribution is 2.57. The average Bonchev–Trinajstić information content (AvgIpc) is 2.70. The summed E-state index contributed by atoms with van der Waals surface area (Å²) in [5.74, 6) is -0.463. The Bertz CT molecular complexity index is 849. The third-order valence-corrected chi connectivity index (χ3v) is 7.64. The van der Waals surface area contributed by atoms with Gasteiger partial charge in [0.15, 0.2) is 7.14 Å². The van der Waals surface area contributed by atoms with Crippen LogP contribution in [0.2, 0.25) is 0 Å². The topological polar surface area (TPSA) is 43.4 Å². The maximum absolute atomic E-state index is 14.5. The van der Waals surface area contributed by atoms with E-state index in [1.807, 2.05) is 91.0 Å². The van der Waals surface area contributed by atoms with Crippen LogP contribution in [0.4, 0.5) is 0 Å². The number of benzene rings is 3. The van der Waals surface area contributed by atoms with E-state index >= 15 is 0 Å². The van der Waals surface area contributed by atoms with Crippen LogP contribution in [0.5, 0.6) is 0 Å². The quantitative estimate of drug-likeness (QED) is 0.484. The Morgan fingerprint density at radius 1 is 0.808 bits per heavy atom. The molecule has 3 nitrogen and oxygen atoms in total. The summed E-state index contributed by atoms with van der Waals surface area (Å²) in [6, 6.07) is 27.7. The molecule has 0 saturated carbocycles. The first-order valence-corrected chi connectivity index (χ1v) is 10.4. The van der Waals surface area contributed by atoms with Crippen LogP contribution in [0.25, 0.3) is 0 Å². The fourth-order valence-electron chi connectivity index (χ4n) is 3.10. The summed E-state index contributed by atoms with van der Waals surface area (Å²) in [7, 11) is -3.32. The lowest BCUT2D eigenvalue weighted by Crippen LogP contribution is -2.27. The second-order valence-corrected chi connectivity index (χ2v) is 8.76. The SMILES string of the molecule is CCOC(=O)C(c1ccccc1)P(=O)(c1ccccc1)c1ccccc1.